The van der Waals surface area contributed by atoms with Crippen LogP contribution in [0, 0.1) is 11.8 Å². The molecule has 0 atom stereocenters. The number of unbranched alkanes of at least 4 members (excludes halogenated alkanes) is 9. The van der Waals surface area contributed by atoms with Crippen molar-refractivity contribution in [1.82, 2.24) is 0 Å². The van der Waals surface area contributed by atoms with Crippen LogP contribution in [0.2, 0.25) is 0 Å². The first-order valence-electron chi connectivity index (χ1n) is 13.2. The third-order valence-electron chi connectivity index (χ3n) is 6.85. The van der Waals surface area contributed by atoms with Crippen LogP contribution in [0.4, 0.5) is 0 Å². The van der Waals surface area contributed by atoms with E-state index in [2.05, 4.69) is 55.2 Å². The molecule has 0 aliphatic heterocycles. The molecule has 180 valence electrons. The number of furan rings is 1. The molecule has 1 nitrogen and oxygen atoms in total. The fourth-order valence-electron chi connectivity index (χ4n) is 4.94. The number of benzene rings is 2. The largest absolute Gasteiger partial charge is 0.456 e. The molecule has 0 fully saturated rings. The fraction of sp³-hybridized carbons (Fsp3) is 0.375. The highest BCUT2D eigenvalue weighted by atomic mass is 32.1. The zero-order chi connectivity index (χ0) is 23.9. The van der Waals surface area contributed by atoms with E-state index in [9.17, 15) is 0 Å². The lowest BCUT2D eigenvalue weighted by Crippen LogP contribution is -1.84. The van der Waals surface area contributed by atoms with Crippen LogP contribution in [0.15, 0.2) is 59.2 Å². The van der Waals surface area contributed by atoms with Crippen molar-refractivity contribution >= 4 is 53.6 Å². The minimum absolute atomic E-state index is 0.710. The predicted octanol–water partition coefficient (Wildman–Crippen LogP) is 10.7. The average molecular weight is 499 g/mol. The summed E-state index contributed by atoms with van der Waals surface area (Å²) in [7, 11) is 0. The summed E-state index contributed by atoms with van der Waals surface area (Å²) >= 11 is 3.73. The monoisotopic (exact) mass is 498 g/mol. The Morgan fingerprint density at radius 1 is 0.657 bits per heavy atom. The molecule has 0 saturated heterocycles. The Bertz CT molecular complexity index is 1440. The highest BCUT2D eigenvalue weighted by Gasteiger charge is 2.10. The Kier molecular flexibility index (Phi) is 8.24. The molecule has 0 aliphatic carbocycles. The second-order valence-corrected chi connectivity index (χ2v) is 11.8. The zero-order valence-corrected chi connectivity index (χ0v) is 22.3. The Morgan fingerprint density at radius 3 is 2.00 bits per heavy atom. The van der Waals surface area contributed by atoms with Crippen LogP contribution < -0.4 is 0 Å². The van der Waals surface area contributed by atoms with E-state index in [4.69, 9.17) is 4.42 Å². The maximum atomic E-state index is 5.35. The Hall–Kier alpha value is -2.54. The first-order valence-corrected chi connectivity index (χ1v) is 14.9. The van der Waals surface area contributed by atoms with Crippen molar-refractivity contribution in [3.8, 4) is 11.8 Å². The molecule has 3 heterocycles. The van der Waals surface area contributed by atoms with Gasteiger partial charge >= 0.3 is 0 Å². The molecule has 0 aliphatic rings. The van der Waals surface area contributed by atoms with Crippen molar-refractivity contribution in [2.24, 2.45) is 0 Å². The molecule has 0 saturated carbocycles. The zero-order valence-electron chi connectivity index (χ0n) is 20.7. The summed E-state index contributed by atoms with van der Waals surface area (Å²) in [6.45, 7) is 2.29. The van der Waals surface area contributed by atoms with Crippen LogP contribution in [-0.4, -0.2) is 0 Å². The van der Waals surface area contributed by atoms with E-state index in [0.717, 1.165) is 4.88 Å². The summed E-state index contributed by atoms with van der Waals surface area (Å²) in [5, 5.41) is 5.41. The smallest absolute Gasteiger partial charge is 0.176 e. The van der Waals surface area contributed by atoms with Gasteiger partial charge in [0.2, 0.25) is 0 Å². The Balaban J connectivity index is 1.23. The van der Waals surface area contributed by atoms with Gasteiger partial charge in [0, 0.05) is 25.0 Å². The summed E-state index contributed by atoms with van der Waals surface area (Å²) in [5.41, 5.74) is 0. The fourth-order valence-corrected chi connectivity index (χ4v) is 6.99. The van der Waals surface area contributed by atoms with E-state index in [1.807, 2.05) is 23.5 Å². The number of fused-ring (bicyclic) bond motifs is 5. The number of hydrogen-bond donors (Lipinski definition) is 0. The SMILES string of the molecule is CCCCCCCCCCCCc1cc2c(ccc3c4cc(C#Cc5ccco5)sc4ccc23)s1. The van der Waals surface area contributed by atoms with E-state index in [-0.39, 0.29) is 0 Å². The minimum Gasteiger partial charge on any atom is -0.456 e. The van der Waals surface area contributed by atoms with Gasteiger partial charge in [-0.1, -0.05) is 76.8 Å². The average Bonchev–Trinajstić information content (AvgIpc) is 3.62. The van der Waals surface area contributed by atoms with Crippen molar-refractivity contribution in [3.63, 3.8) is 0 Å². The van der Waals surface area contributed by atoms with Crippen LogP contribution in [0.3, 0.4) is 0 Å². The molecule has 0 bridgehead atoms. The maximum absolute atomic E-state index is 5.35. The lowest BCUT2D eigenvalue weighted by molar-refractivity contribution is 0.554. The van der Waals surface area contributed by atoms with Gasteiger partial charge in [-0.3, -0.25) is 0 Å². The summed E-state index contributed by atoms with van der Waals surface area (Å²) in [5.74, 6) is 7.11. The minimum atomic E-state index is 0.710. The molecule has 5 rings (SSSR count). The first kappa shape index (κ1) is 24.2. The number of thiophene rings is 2. The molecular weight excluding hydrogens is 464 g/mol. The molecule has 0 spiro atoms. The second kappa shape index (κ2) is 11.9. The van der Waals surface area contributed by atoms with Gasteiger partial charge in [0.15, 0.2) is 5.76 Å². The van der Waals surface area contributed by atoms with E-state index >= 15 is 0 Å². The van der Waals surface area contributed by atoms with Crippen LogP contribution >= 0.6 is 22.7 Å². The third kappa shape index (κ3) is 6.00. The molecule has 2 aromatic carbocycles. The highest BCUT2D eigenvalue weighted by molar-refractivity contribution is 7.20. The van der Waals surface area contributed by atoms with Gasteiger partial charge in [-0.2, -0.15) is 0 Å². The standard InChI is InChI=1S/C32H34OS2/c1-2-3-4-5-6-7-8-9-10-11-14-25-22-29-27-18-20-32-30(28(27)17-19-31(29)34-25)23-26(35-32)16-15-24-13-12-21-33-24/h12-13,17-23H,2-11,14H2,1H3. The molecule has 3 aromatic heterocycles. The molecule has 0 N–H and O–H groups in total. The van der Waals surface area contributed by atoms with Crippen molar-refractivity contribution in [2.75, 3.05) is 0 Å². The third-order valence-corrected chi connectivity index (χ3v) is 9.03. The van der Waals surface area contributed by atoms with Crippen molar-refractivity contribution in [3.05, 3.63) is 70.3 Å². The predicted molar refractivity (Wildman–Crippen MR) is 155 cm³/mol. The Morgan fingerprint density at radius 2 is 1.31 bits per heavy atom. The molecule has 3 heteroatoms. The van der Waals surface area contributed by atoms with E-state index in [1.54, 1.807) is 17.6 Å². The Labute approximate surface area is 217 Å². The lowest BCUT2D eigenvalue weighted by atomic mass is 10.0. The van der Waals surface area contributed by atoms with Crippen molar-refractivity contribution in [2.45, 2.75) is 77.6 Å². The van der Waals surface area contributed by atoms with E-state index in [0.29, 0.717) is 5.76 Å². The van der Waals surface area contributed by atoms with Crippen molar-refractivity contribution < 1.29 is 4.42 Å². The first-order chi connectivity index (χ1) is 17.3. The molecular formula is C32H34OS2. The maximum Gasteiger partial charge on any atom is 0.176 e. The van der Waals surface area contributed by atoms with E-state index in [1.165, 1.54) is 106 Å². The molecule has 0 amide bonds. The van der Waals surface area contributed by atoms with Gasteiger partial charge in [0.05, 0.1) is 11.1 Å². The van der Waals surface area contributed by atoms with Gasteiger partial charge in [-0.25, -0.2) is 0 Å². The molecule has 0 radical (unpaired) electrons. The van der Waals surface area contributed by atoms with Crippen LogP contribution in [-0.2, 0) is 6.42 Å². The summed E-state index contributed by atoms with van der Waals surface area (Å²) in [4.78, 5) is 2.61. The van der Waals surface area contributed by atoms with Gasteiger partial charge in [-0.15, -0.1) is 22.7 Å². The highest BCUT2D eigenvalue weighted by Crippen LogP contribution is 2.38. The quantitative estimate of drug-likeness (QED) is 0.130. The van der Waals surface area contributed by atoms with Crippen LogP contribution in [0.25, 0.3) is 30.9 Å². The molecule has 5 aromatic rings. The van der Waals surface area contributed by atoms with Gasteiger partial charge in [0.1, 0.15) is 0 Å². The topological polar surface area (TPSA) is 13.1 Å². The van der Waals surface area contributed by atoms with Crippen LogP contribution in [0.1, 0.15) is 86.6 Å². The number of hydrogen-bond acceptors (Lipinski definition) is 3. The number of rotatable bonds is 11. The summed E-state index contributed by atoms with van der Waals surface area (Å²) in [6.07, 6.45) is 16.8. The van der Waals surface area contributed by atoms with Gasteiger partial charge in [-0.05, 0) is 71.9 Å². The number of aryl methyl sites for hydroxylation is 1. The normalized spacial score (nSPS) is 11.5. The molecule has 0 unspecified atom stereocenters. The van der Waals surface area contributed by atoms with Crippen molar-refractivity contribution in [1.29, 1.82) is 0 Å². The lowest BCUT2D eigenvalue weighted by Gasteiger charge is -2.02. The van der Waals surface area contributed by atoms with Gasteiger partial charge < -0.3 is 4.42 Å². The summed E-state index contributed by atoms with van der Waals surface area (Å²) < 4.78 is 8.05. The van der Waals surface area contributed by atoms with E-state index < -0.39 is 0 Å². The van der Waals surface area contributed by atoms with Crippen LogP contribution in [0.5, 0.6) is 0 Å². The second-order valence-electron chi connectivity index (χ2n) is 9.53. The van der Waals surface area contributed by atoms with Gasteiger partial charge in [0.25, 0.3) is 0 Å². The molecule has 35 heavy (non-hydrogen) atoms. The summed E-state index contributed by atoms with van der Waals surface area (Å²) in [6, 6.07) is 17.6.